The molecule has 0 aliphatic rings. The van der Waals surface area contributed by atoms with E-state index in [4.69, 9.17) is 16.0 Å². The number of nitrogens with zero attached hydrogens (tertiary/aromatic N) is 4. The van der Waals surface area contributed by atoms with E-state index in [1.54, 1.807) is 37.4 Å². The van der Waals surface area contributed by atoms with Crippen LogP contribution in [-0.2, 0) is 26.4 Å². The molecule has 30 heavy (non-hydrogen) atoms. The number of thioether (sulfide) groups is 1. The first-order valence-corrected chi connectivity index (χ1v) is 10.3. The van der Waals surface area contributed by atoms with Crippen LogP contribution >= 0.6 is 23.4 Å². The lowest BCUT2D eigenvalue weighted by Crippen LogP contribution is -2.37. The summed E-state index contributed by atoms with van der Waals surface area (Å²) in [4.78, 5) is 41.9. The van der Waals surface area contributed by atoms with E-state index in [9.17, 15) is 14.4 Å². The van der Waals surface area contributed by atoms with E-state index in [-0.39, 0.29) is 23.4 Å². The van der Waals surface area contributed by atoms with Crippen LogP contribution in [0.5, 0.6) is 0 Å². The molecule has 0 amide bonds. The van der Waals surface area contributed by atoms with E-state index >= 15 is 0 Å². The lowest BCUT2D eigenvalue weighted by molar-refractivity contribution is 0.476. The van der Waals surface area contributed by atoms with Gasteiger partial charge in [0.1, 0.15) is 5.76 Å². The van der Waals surface area contributed by atoms with Gasteiger partial charge in [0.25, 0.3) is 11.1 Å². The second-order valence-electron chi connectivity index (χ2n) is 6.69. The standard InChI is InChI=1S/C20H17ClN4O4S/c1-23-13(9-17(26)24(2)20(23)28)11-30-19-22-16-8-12(21)5-6-15(16)18(27)25(19)10-14-4-3-7-29-14/h3-9H,10-11H2,1-2H3. The van der Waals surface area contributed by atoms with Crippen LogP contribution in [0, 0.1) is 0 Å². The van der Waals surface area contributed by atoms with Crippen LogP contribution in [0.4, 0.5) is 0 Å². The molecule has 4 rings (SSSR count). The van der Waals surface area contributed by atoms with Crippen molar-refractivity contribution in [2.24, 2.45) is 14.1 Å². The SMILES string of the molecule is Cn1c(CSc2nc3cc(Cl)ccc3c(=O)n2Cc2ccco2)cc(=O)n(C)c1=O. The first-order valence-electron chi connectivity index (χ1n) is 8.96. The molecule has 0 spiro atoms. The smallest absolute Gasteiger partial charge is 0.330 e. The average molecular weight is 445 g/mol. The maximum absolute atomic E-state index is 13.1. The first-order chi connectivity index (χ1) is 14.3. The molecule has 8 nitrogen and oxygen atoms in total. The number of aromatic nitrogens is 4. The second kappa shape index (κ2) is 8.00. The summed E-state index contributed by atoms with van der Waals surface area (Å²) in [6, 6.07) is 9.85. The number of furan rings is 1. The van der Waals surface area contributed by atoms with Gasteiger partial charge in [-0.3, -0.25) is 23.3 Å². The van der Waals surface area contributed by atoms with Crippen LogP contribution in [0.1, 0.15) is 11.5 Å². The highest BCUT2D eigenvalue weighted by atomic mass is 35.5. The zero-order chi connectivity index (χ0) is 21.4. The number of halogens is 1. The predicted molar refractivity (Wildman–Crippen MR) is 115 cm³/mol. The molecule has 0 saturated carbocycles. The van der Waals surface area contributed by atoms with Crippen LogP contribution in [0.15, 0.2) is 66.6 Å². The quantitative estimate of drug-likeness (QED) is 0.346. The van der Waals surface area contributed by atoms with Gasteiger partial charge in [-0.2, -0.15) is 0 Å². The van der Waals surface area contributed by atoms with E-state index in [2.05, 4.69) is 4.98 Å². The minimum absolute atomic E-state index is 0.204. The van der Waals surface area contributed by atoms with Gasteiger partial charge in [0.05, 0.1) is 23.7 Å². The fraction of sp³-hybridized carbons (Fsp3) is 0.200. The lowest BCUT2D eigenvalue weighted by Gasteiger charge is -2.13. The molecule has 0 unspecified atom stereocenters. The van der Waals surface area contributed by atoms with Crippen molar-refractivity contribution in [1.29, 1.82) is 0 Å². The van der Waals surface area contributed by atoms with Crippen molar-refractivity contribution in [3.05, 3.63) is 90.3 Å². The molecule has 1 aromatic carbocycles. The van der Waals surface area contributed by atoms with Crippen LogP contribution in [0.25, 0.3) is 10.9 Å². The largest absolute Gasteiger partial charge is 0.467 e. The third kappa shape index (κ3) is 3.73. The van der Waals surface area contributed by atoms with Crippen LogP contribution in [0.3, 0.4) is 0 Å². The molecule has 3 aromatic heterocycles. The average Bonchev–Trinajstić information content (AvgIpc) is 3.23. The van der Waals surface area contributed by atoms with Gasteiger partial charge < -0.3 is 4.42 Å². The zero-order valence-electron chi connectivity index (χ0n) is 16.2. The Morgan fingerprint density at radius 2 is 1.90 bits per heavy atom. The summed E-state index contributed by atoms with van der Waals surface area (Å²) in [6.07, 6.45) is 1.54. The Morgan fingerprint density at radius 3 is 2.63 bits per heavy atom. The summed E-state index contributed by atoms with van der Waals surface area (Å²) in [7, 11) is 3.03. The topological polar surface area (TPSA) is 92.0 Å². The Kier molecular flexibility index (Phi) is 5.40. The molecule has 0 bridgehead atoms. The van der Waals surface area contributed by atoms with Crippen molar-refractivity contribution >= 4 is 34.3 Å². The minimum atomic E-state index is -0.413. The fourth-order valence-electron chi connectivity index (χ4n) is 3.04. The fourth-order valence-corrected chi connectivity index (χ4v) is 4.22. The van der Waals surface area contributed by atoms with E-state index in [0.717, 1.165) is 4.57 Å². The van der Waals surface area contributed by atoms with Gasteiger partial charge in [-0.15, -0.1) is 0 Å². The van der Waals surface area contributed by atoms with Gasteiger partial charge >= 0.3 is 5.69 Å². The van der Waals surface area contributed by atoms with Crippen molar-refractivity contribution in [3.8, 4) is 0 Å². The van der Waals surface area contributed by atoms with E-state index in [0.29, 0.717) is 32.5 Å². The summed E-state index contributed by atoms with van der Waals surface area (Å²) < 4.78 is 9.35. The van der Waals surface area contributed by atoms with Gasteiger partial charge in [-0.05, 0) is 30.3 Å². The molecule has 4 aromatic rings. The first kappa shape index (κ1) is 20.2. The number of hydrogen-bond acceptors (Lipinski definition) is 6. The molecule has 10 heteroatoms. The summed E-state index contributed by atoms with van der Waals surface area (Å²) in [5.41, 5.74) is -0.0284. The Labute approximate surface area is 179 Å². The van der Waals surface area contributed by atoms with Gasteiger partial charge in [0.15, 0.2) is 5.16 Å². The zero-order valence-corrected chi connectivity index (χ0v) is 17.7. The van der Waals surface area contributed by atoms with Crippen LogP contribution in [-0.4, -0.2) is 18.7 Å². The molecule has 0 N–H and O–H groups in total. The summed E-state index contributed by atoms with van der Waals surface area (Å²) in [5.74, 6) is 0.883. The van der Waals surface area contributed by atoms with Crippen LogP contribution < -0.4 is 16.8 Å². The Bertz CT molecular complexity index is 1420. The van der Waals surface area contributed by atoms with Crippen molar-refractivity contribution in [2.45, 2.75) is 17.5 Å². The number of hydrogen-bond donors (Lipinski definition) is 0. The molecule has 0 aliphatic carbocycles. The van der Waals surface area contributed by atoms with Crippen molar-refractivity contribution in [2.75, 3.05) is 0 Å². The number of benzene rings is 1. The normalized spacial score (nSPS) is 11.3. The van der Waals surface area contributed by atoms with Crippen LogP contribution in [0.2, 0.25) is 5.02 Å². The maximum Gasteiger partial charge on any atom is 0.330 e. The molecule has 0 fully saturated rings. The van der Waals surface area contributed by atoms with Crippen molar-refractivity contribution in [1.82, 2.24) is 18.7 Å². The molecule has 0 atom stereocenters. The molecule has 0 saturated heterocycles. The number of fused-ring (bicyclic) bond motifs is 1. The molecule has 0 radical (unpaired) electrons. The monoisotopic (exact) mass is 444 g/mol. The highest BCUT2D eigenvalue weighted by molar-refractivity contribution is 7.98. The minimum Gasteiger partial charge on any atom is -0.467 e. The molecular formula is C20H17ClN4O4S. The third-order valence-electron chi connectivity index (χ3n) is 4.75. The summed E-state index contributed by atoms with van der Waals surface area (Å²) in [6.45, 7) is 0.204. The van der Waals surface area contributed by atoms with Crippen molar-refractivity contribution < 1.29 is 4.42 Å². The van der Waals surface area contributed by atoms with Crippen molar-refractivity contribution in [3.63, 3.8) is 0 Å². The second-order valence-corrected chi connectivity index (χ2v) is 8.07. The summed E-state index contributed by atoms with van der Waals surface area (Å²) in [5, 5.41) is 1.35. The van der Waals surface area contributed by atoms with Gasteiger partial charge in [0, 0.05) is 36.6 Å². The lowest BCUT2D eigenvalue weighted by atomic mass is 10.2. The Hall–Kier alpha value is -3.04. The predicted octanol–water partition coefficient (Wildman–Crippen LogP) is 2.38. The maximum atomic E-state index is 13.1. The molecule has 0 aliphatic heterocycles. The summed E-state index contributed by atoms with van der Waals surface area (Å²) >= 11 is 7.33. The van der Waals surface area contributed by atoms with Gasteiger partial charge in [-0.1, -0.05) is 23.4 Å². The van der Waals surface area contributed by atoms with Gasteiger partial charge in [0.2, 0.25) is 0 Å². The molecule has 3 heterocycles. The van der Waals surface area contributed by atoms with E-state index in [1.807, 2.05) is 0 Å². The van der Waals surface area contributed by atoms with Gasteiger partial charge in [-0.25, -0.2) is 9.78 Å². The molecule has 154 valence electrons. The highest BCUT2D eigenvalue weighted by Gasteiger charge is 2.15. The van der Waals surface area contributed by atoms with E-state index < -0.39 is 5.69 Å². The third-order valence-corrected chi connectivity index (χ3v) is 6.00. The Morgan fingerprint density at radius 1 is 1.10 bits per heavy atom. The molecular weight excluding hydrogens is 428 g/mol. The number of rotatable bonds is 5. The van der Waals surface area contributed by atoms with E-state index in [1.165, 1.54) is 40.3 Å². The highest BCUT2D eigenvalue weighted by Crippen LogP contribution is 2.23. The Balaban J connectivity index is 1.80.